The van der Waals surface area contributed by atoms with Crippen molar-refractivity contribution in [2.75, 3.05) is 0 Å². The van der Waals surface area contributed by atoms with Crippen LogP contribution in [0.3, 0.4) is 0 Å². The average molecular weight is 270 g/mol. The number of nitrogens with one attached hydrogen (secondary N) is 1. The molecule has 0 fully saturated rings. The molecule has 3 aromatic rings. The maximum absolute atomic E-state index is 9.35. The van der Waals surface area contributed by atoms with Crippen LogP contribution in [-0.4, -0.2) is 9.97 Å². The molecular formula is C17H10N4. The van der Waals surface area contributed by atoms with Crippen LogP contribution in [0.4, 0.5) is 0 Å². The van der Waals surface area contributed by atoms with Gasteiger partial charge in [-0.3, -0.25) is 0 Å². The fraction of sp³-hybridized carbons (Fsp3) is 0. The number of benzene rings is 2. The van der Waals surface area contributed by atoms with Crippen LogP contribution in [0, 0.1) is 22.7 Å². The maximum atomic E-state index is 9.35. The van der Waals surface area contributed by atoms with Gasteiger partial charge in [0.25, 0.3) is 0 Å². The number of hydrogen-bond donors (Lipinski definition) is 1. The number of hydrogen-bond acceptors (Lipinski definition) is 3. The molecule has 0 aliphatic heterocycles. The molecule has 3 rings (SSSR count). The molecule has 0 bridgehead atoms. The average Bonchev–Trinajstić information content (AvgIpc) is 2.96. The molecule has 21 heavy (non-hydrogen) atoms. The minimum atomic E-state index is 0.432. The van der Waals surface area contributed by atoms with Crippen molar-refractivity contribution in [3.63, 3.8) is 0 Å². The van der Waals surface area contributed by atoms with Crippen molar-refractivity contribution in [3.05, 3.63) is 65.5 Å². The molecule has 0 saturated carbocycles. The fourth-order valence-corrected chi connectivity index (χ4v) is 2.10. The van der Waals surface area contributed by atoms with Crippen molar-refractivity contribution in [1.82, 2.24) is 9.97 Å². The smallest absolute Gasteiger partial charge is 0.149 e. The first-order valence-corrected chi connectivity index (χ1v) is 6.37. The van der Waals surface area contributed by atoms with E-state index in [0.717, 1.165) is 16.6 Å². The standard InChI is InChI=1S/C17H10N4/c18-10-13-5-3-4-12(8-13)9-14(11-19)17-20-15-6-1-2-7-16(15)21-17/h1-9H,(H,20,21)/b14-9-. The van der Waals surface area contributed by atoms with Gasteiger partial charge in [-0.05, 0) is 35.9 Å². The molecule has 98 valence electrons. The van der Waals surface area contributed by atoms with Gasteiger partial charge in [0.2, 0.25) is 0 Å². The lowest BCUT2D eigenvalue weighted by atomic mass is 10.1. The number of fused-ring (bicyclic) bond motifs is 1. The van der Waals surface area contributed by atoms with Crippen LogP contribution in [0.2, 0.25) is 0 Å². The Bertz CT molecular complexity index is 887. The highest BCUT2D eigenvalue weighted by Gasteiger charge is 2.07. The van der Waals surface area contributed by atoms with Gasteiger partial charge in [0.05, 0.1) is 28.2 Å². The van der Waals surface area contributed by atoms with Crippen molar-refractivity contribution >= 4 is 22.7 Å². The molecule has 1 aromatic heterocycles. The summed E-state index contributed by atoms with van der Waals surface area (Å²) in [6.45, 7) is 0. The Morgan fingerprint density at radius 1 is 1.10 bits per heavy atom. The lowest BCUT2D eigenvalue weighted by molar-refractivity contribution is 1.27. The summed E-state index contributed by atoms with van der Waals surface area (Å²) >= 11 is 0. The van der Waals surface area contributed by atoms with Crippen LogP contribution >= 0.6 is 0 Å². The molecule has 4 nitrogen and oxygen atoms in total. The summed E-state index contributed by atoms with van der Waals surface area (Å²) < 4.78 is 0. The zero-order valence-corrected chi connectivity index (χ0v) is 11.0. The Hall–Kier alpha value is -3.37. The first-order valence-electron chi connectivity index (χ1n) is 6.37. The molecule has 0 aliphatic rings. The maximum Gasteiger partial charge on any atom is 0.149 e. The van der Waals surface area contributed by atoms with Crippen LogP contribution < -0.4 is 0 Å². The van der Waals surface area contributed by atoms with Gasteiger partial charge in [-0.1, -0.05) is 24.3 Å². The zero-order chi connectivity index (χ0) is 14.7. The number of imidazole rings is 1. The summed E-state index contributed by atoms with van der Waals surface area (Å²) in [5.41, 5.74) is 3.50. The van der Waals surface area contributed by atoms with E-state index in [1.54, 1.807) is 24.3 Å². The first kappa shape index (κ1) is 12.7. The van der Waals surface area contributed by atoms with Gasteiger partial charge in [-0.25, -0.2) is 4.98 Å². The Morgan fingerprint density at radius 2 is 1.95 bits per heavy atom. The van der Waals surface area contributed by atoms with E-state index < -0.39 is 0 Å². The quantitative estimate of drug-likeness (QED) is 0.724. The Labute approximate surface area is 121 Å². The second-order valence-electron chi connectivity index (χ2n) is 4.51. The van der Waals surface area contributed by atoms with Gasteiger partial charge in [-0.15, -0.1) is 0 Å². The number of H-pyrrole nitrogens is 1. The molecule has 0 amide bonds. The third-order valence-corrected chi connectivity index (χ3v) is 3.09. The molecule has 2 aromatic carbocycles. The van der Waals surface area contributed by atoms with Crippen molar-refractivity contribution in [1.29, 1.82) is 10.5 Å². The third kappa shape index (κ3) is 2.51. The third-order valence-electron chi connectivity index (χ3n) is 3.09. The minimum Gasteiger partial charge on any atom is -0.337 e. The highest BCUT2D eigenvalue weighted by molar-refractivity contribution is 5.90. The number of aromatic nitrogens is 2. The van der Waals surface area contributed by atoms with E-state index in [-0.39, 0.29) is 0 Å². The molecule has 0 radical (unpaired) electrons. The molecule has 1 heterocycles. The summed E-state index contributed by atoms with van der Waals surface area (Å²) in [5.74, 6) is 0.529. The van der Waals surface area contributed by atoms with Gasteiger partial charge >= 0.3 is 0 Å². The van der Waals surface area contributed by atoms with E-state index in [4.69, 9.17) is 5.26 Å². The first-order chi connectivity index (χ1) is 10.3. The van der Waals surface area contributed by atoms with Crippen molar-refractivity contribution in [2.45, 2.75) is 0 Å². The summed E-state index contributed by atoms with van der Waals surface area (Å²) in [6, 6.07) is 19.0. The topological polar surface area (TPSA) is 76.3 Å². The van der Waals surface area contributed by atoms with Crippen molar-refractivity contribution in [2.24, 2.45) is 0 Å². The van der Waals surface area contributed by atoms with E-state index in [9.17, 15) is 5.26 Å². The molecule has 0 aliphatic carbocycles. The minimum absolute atomic E-state index is 0.432. The van der Waals surface area contributed by atoms with Crippen LogP contribution in [-0.2, 0) is 0 Å². The largest absolute Gasteiger partial charge is 0.337 e. The molecular weight excluding hydrogens is 260 g/mol. The summed E-state index contributed by atoms with van der Waals surface area (Å²) in [7, 11) is 0. The summed E-state index contributed by atoms with van der Waals surface area (Å²) in [5, 5.41) is 18.3. The van der Waals surface area contributed by atoms with Crippen LogP contribution in [0.15, 0.2) is 48.5 Å². The van der Waals surface area contributed by atoms with Crippen molar-refractivity contribution in [3.8, 4) is 12.1 Å². The SMILES string of the molecule is N#C/C(=C/c1cccc(C#N)c1)c1nc2ccccc2[nH]1. The molecule has 4 heteroatoms. The highest BCUT2D eigenvalue weighted by Crippen LogP contribution is 2.19. The van der Waals surface area contributed by atoms with E-state index in [1.807, 2.05) is 30.3 Å². The Balaban J connectivity index is 2.07. The lowest BCUT2D eigenvalue weighted by Gasteiger charge is -1.96. The molecule has 0 spiro atoms. The summed E-state index contributed by atoms with van der Waals surface area (Å²) in [4.78, 5) is 7.54. The molecule has 0 saturated heterocycles. The number of rotatable bonds is 2. The Morgan fingerprint density at radius 3 is 2.71 bits per heavy atom. The molecule has 0 atom stereocenters. The number of nitriles is 2. The fourth-order valence-electron chi connectivity index (χ4n) is 2.10. The molecule has 1 N–H and O–H groups in total. The predicted molar refractivity (Wildman–Crippen MR) is 80.7 cm³/mol. The van der Waals surface area contributed by atoms with Gasteiger partial charge in [0.15, 0.2) is 0 Å². The normalized spacial score (nSPS) is 11.0. The highest BCUT2D eigenvalue weighted by atomic mass is 14.9. The zero-order valence-electron chi connectivity index (χ0n) is 11.0. The number of nitrogens with zero attached hydrogens (tertiary/aromatic N) is 3. The number of para-hydroxylation sites is 2. The predicted octanol–water partition coefficient (Wildman–Crippen LogP) is 3.50. The van der Waals surface area contributed by atoms with Crippen molar-refractivity contribution < 1.29 is 0 Å². The van der Waals surface area contributed by atoms with E-state index in [2.05, 4.69) is 22.1 Å². The van der Waals surface area contributed by atoms with Gasteiger partial charge in [-0.2, -0.15) is 10.5 Å². The van der Waals surface area contributed by atoms with E-state index in [1.165, 1.54) is 0 Å². The van der Waals surface area contributed by atoms with E-state index >= 15 is 0 Å². The monoisotopic (exact) mass is 270 g/mol. The van der Waals surface area contributed by atoms with Gasteiger partial charge in [0, 0.05) is 0 Å². The lowest BCUT2D eigenvalue weighted by Crippen LogP contribution is -1.85. The van der Waals surface area contributed by atoms with Crippen LogP contribution in [0.25, 0.3) is 22.7 Å². The van der Waals surface area contributed by atoms with Gasteiger partial charge < -0.3 is 4.98 Å². The number of aromatic amines is 1. The van der Waals surface area contributed by atoms with E-state index in [0.29, 0.717) is 17.0 Å². The van der Waals surface area contributed by atoms with Crippen LogP contribution in [0.1, 0.15) is 17.0 Å². The number of allylic oxidation sites excluding steroid dienone is 1. The molecule has 0 unspecified atom stereocenters. The second kappa shape index (κ2) is 5.32. The second-order valence-corrected chi connectivity index (χ2v) is 4.51. The van der Waals surface area contributed by atoms with Gasteiger partial charge in [0.1, 0.15) is 11.9 Å². The Kier molecular flexibility index (Phi) is 3.21. The van der Waals surface area contributed by atoms with Crippen LogP contribution in [0.5, 0.6) is 0 Å². The summed E-state index contributed by atoms with van der Waals surface area (Å²) in [6.07, 6.45) is 1.72.